The highest BCUT2D eigenvalue weighted by Gasteiger charge is 2.18. The van der Waals surface area contributed by atoms with E-state index in [0.29, 0.717) is 12.0 Å². The van der Waals surface area contributed by atoms with Gasteiger partial charge in [0.2, 0.25) is 0 Å². The van der Waals surface area contributed by atoms with Gasteiger partial charge in [0.25, 0.3) is 0 Å². The zero-order chi connectivity index (χ0) is 13.0. The van der Waals surface area contributed by atoms with Gasteiger partial charge in [-0.25, -0.2) is 0 Å². The van der Waals surface area contributed by atoms with Gasteiger partial charge >= 0.3 is 0 Å². The van der Waals surface area contributed by atoms with Gasteiger partial charge in [-0.15, -0.1) is 0 Å². The number of nitrogens with one attached hydrogen (secondary N) is 1. The van der Waals surface area contributed by atoms with Crippen molar-refractivity contribution in [2.24, 2.45) is 5.92 Å². The van der Waals surface area contributed by atoms with Crippen LogP contribution in [0.5, 0.6) is 5.75 Å². The molecule has 0 radical (unpaired) electrons. The minimum Gasteiger partial charge on any atom is -0.493 e. The monoisotopic (exact) mass is 247 g/mol. The molecule has 1 aromatic carbocycles. The van der Waals surface area contributed by atoms with Crippen LogP contribution >= 0.6 is 0 Å². The number of rotatable bonds is 5. The largest absolute Gasteiger partial charge is 0.493 e. The number of hydrogen-bond donors (Lipinski definition) is 1. The van der Waals surface area contributed by atoms with Gasteiger partial charge in [0.05, 0.1) is 6.61 Å². The van der Waals surface area contributed by atoms with Crippen LogP contribution in [0, 0.1) is 5.92 Å². The van der Waals surface area contributed by atoms with Crippen LogP contribution in [0.15, 0.2) is 18.2 Å². The zero-order valence-electron chi connectivity index (χ0n) is 11.8. The second-order valence-electron chi connectivity index (χ2n) is 5.42. The van der Waals surface area contributed by atoms with Gasteiger partial charge in [-0.1, -0.05) is 26.3 Å². The van der Waals surface area contributed by atoms with Gasteiger partial charge in [-0.2, -0.15) is 0 Å². The van der Waals surface area contributed by atoms with Gasteiger partial charge in [0, 0.05) is 6.04 Å². The van der Waals surface area contributed by atoms with E-state index in [0.717, 1.165) is 12.4 Å². The Bertz CT molecular complexity index is 389. The summed E-state index contributed by atoms with van der Waals surface area (Å²) in [5, 5.41) is 3.40. The molecule has 2 nitrogen and oxygen atoms in total. The van der Waals surface area contributed by atoms with Crippen LogP contribution in [-0.2, 0) is 6.42 Å². The molecule has 1 N–H and O–H groups in total. The van der Waals surface area contributed by atoms with Crippen molar-refractivity contribution in [1.29, 1.82) is 0 Å². The van der Waals surface area contributed by atoms with E-state index in [1.807, 2.05) is 7.05 Å². The average Bonchev–Trinajstić information content (AvgIpc) is 2.43. The van der Waals surface area contributed by atoms with Crippen molar-refractivity contribution >= 4 is 0 Å². The fraction of sp³-hybridized carbons (Fsp3) is 0.625. The number of fused-ring (bicyclic) bond motifs is 1. The van der Waals surface area contributed by atoms with Crippen LogP contribution in [0.4, 0.5) is 0 Å². The predicted molar refractivity (Wildman–Crippen MR) is 76.1 cm³/mol. The molecule has 0 heterocycles. The summed E-state index contributed by atoms with van der Waals surface area (Å²) in [5.74, 6) is 1.66. The number of hydrogen-bond acceptors (Lipinski definition) is 2. The molecule has 2 heteroatoms. The molecule has 0 saturated carbocycles. The molecule has 0 amide bonds. The number of benzene rings is 1. The molecule has 18 heavy (non-hydrogen) atoms. The highest BCUT2D eigenvalue weighted by Crippen LogP contribution is 2.32. The van der Waals surface area contributed by atoms with Gasteiger partial charge in [-0.3, -0.25) is 0 Å². The van der Waals surface area contributed by atoms with Crippen LogP contribution in [0.2, 0.25) is 0 Å². The van der Waals surface area contributed by atoms with Crippen molar-refractivity contribution in [2.75, 3.05) is 13.7 Å². The minimum absolute atomic E-state index is 0.525. The van der Waals surface area contributed by atoms with Crippen molar-refractivity contribution in [3.8, 4) is 5.75 Å². The Morgan fingerprint density at radius 2 is 2.28 bits per heavy atom. The second kappa shape index (κ2) is 6.24. The van der Waals surface area contributed by atoms with Crippen LogP contribution in [0.25, 0.3) is 0 Å². The van der Waals surface area contributed by atoms with E-state index in [1.54, 1.807) is 0 Å². The first-order chi connectivity index (χ1) is 8.74. The number of aryl methyl sites for hydroxylation is 1. The van der Waals surface area contributed by atoms with Crippen molar-refractivity contribution in [1.82, 2.24) is 5.32 Å². The lowest BCUT2D eigenvalue weighted by atomic mass is 9.87. The standard InChI is InChI=1S/C16H25NO/c1-4-12(2)11-18-14-8-9-15-13(10-14)6-5-7-16(15)17-3/h8-10,12,16-17H,4-7,11H2,1-3H3. The van der Waals surface area contributed by atoms with Crippen molar-refractivity contribution < 1.29 is 4.74 Å². The summed E-state index contributed by atoms with van der Waals surface area (Å²) < 4.78 is 5.87. The maximum atomic E-state index is 5.87. The normalized spacial score (nSPS) is 20.3. The fourth-order valence-electron chi connectivity index (χ4n) is 2.54. The molecular weight excluding hydrogens is 222 g/mol. The van der Waals surface area contributed by atoms with Crippen molar-refractivity contribution in [3.63, 3.8) is 0 Å². The highest BCUT2D eigenvalue weighted by atomic mass is 16.5. The van der Waals surface area contributed by atoms with E-state index >= 15 is 0 Å². The van der Waals surface area contributed by atoms with Crippen LogP contribution in [0.3, 0.4) is 0 Å². The number of ether oxygens (including phenoxy) is 1. The molecule has 0 fully saturated rings. The first-order valence-corrected chi connectivity index (χ1v) is 7.17. The summed E-state index contributed by atoms with van der Waals surface area (Å²) in [6.45, 7) is 5.26. The van der Waals surface area contributed by atoms with Crippen molar-refractivity contribution in [3.05, 3.63) is 29.3 Å². The molecular formula is C16H25NO. The predicted octanol–water partition coefficient (Wildman–Crippen LogP) is 3.71. The van der Waals surface area contributed by atoms with E-state index in [1.165, 1.54) is 36.8 Å². The third-order valence-electron chi connectivity index (χ3n) is 4.01. The molecule has 2 atom stereocenters. The van der Waals surface area contributed by atoms with Crippen LogP contribution in [-0.4, -0.2) is 13.7 Å². The van der Waals surface area contributed by atoms with E-state index < -0.39 is 0 Å². The molecule has 2 rings (SSSR count). The SMILES string of the molecule is CCC(C)COc1ccc2c(c1)CCCC2NC. The van der Waals surface area contributed by atoms with Crippen molar-refractivity contribution in [2.45, 2.75) is 45.6 Å². The Morgan fingerprint density at radius 1 is 1.44 bits per heavy atom. The Kier molecular flexibility index (Phi) is 4.65. The second-order valence-corrected chi connectivity index (χ2v) is 5.42. The summed E-state index contributed by atoms with van der Waals surface area (Å²) in [6, 6.07) is 7.12. The molecule has 0 spiro atoms. The molecule has 0 aromatic heterocycles. The van der Waals surface area contributed by atoms with Gasteiger partial charge in [0.15, 0.2) is 0 Å². The lowest BCUT2D eigenvalue weighted by molar-refractivity contribution is 0.256. The summed E-state index contributed by atoms with van der Waals surface area (Å²) in [7, 11) is 2.05. The molecule has 1 aromatic rings. The van der Waals surface area contributed by atoms with E-state index in [9.17, 15) is 0 Å². The smallest absolute Gasteiger partial charge is 0.119 e. The van der Waals surface area contributed by atoms with E-state index in [-0.39, 0.29) is 0 Å². The topological polar surface area (TPSA) is 21.3 Å². The fourth-order valence-corrected chi connectivity index (χ4v) is 2.54. The third-order valence-corrected chi connectivity index (χ3v) is 4.01. The summed E-state index contributed by atoms with van der Waals surface area (Å²) >= 11 is 0. The highest BCUT2D eigenvalue weighted by molar-refractivity contribution is 5.39. The molecule has 0 aliphatic heterocycles. The molecule has 1 aliphatic carbocycles. The maximum Gasteiger partial charge on any atom is 0.119 e. The van der Waals surface area contributed by atoms with Gasteiger partial charge < -0.3 is 10.1 Å². The Hall–Kier alpha value is -1.02. The summed E-state index contributed by atoms with van der Waals surface area (Å²) in [5.41, 5.74) is 2.92. The Morgan fingerprint density at radius 3 is 3.00 bits per heavy atom. The molecule has 100 valence electrons. The lowest BCUT2D eigenvalue weighted by Crippen LogP contribution is -2.21. The molecule has 1 aliphatic rings. The summed E-state index contributed by atoms with van der Waals surface area (Å²) in [4.78, 5) is 0. The van der Waals surface area contributed by atoms with E-state index in [2.05, 4.69) is 37.4 Å². The lowest BCUT2D eigenvalue weighted by Gasteiger charge is -2.25. The third kappa shape index (κ3) is 3.05. The van der Waals surface area contributed by atoms with Gasteiger partial charge in [-0.05, 0) is 55.5 Å². The molecule has 2 unspecified atom stereocenters. The average molecular weight is 247 g/mol. The Balaban J connectivity index is 2.07. The summed E-state index contributed by atoms with van der Waals surface area (Å²) in [6.07, 6.45) is 4.88. The van der Waals surface area contributed by atoms with Crippen LogP contribution in [0.1, 0.15) is 50.3 Å². The van der Waals surface area contributed by atoms with Crippen LogP contribution < -0.4 is 10.1 Å². The van der Waals surface area contributed by atoms with E-state index in [4.69, 9.17) is 4.74 Å². The Labute approximate surface area is 111 Å². The quantitative estimate of drug-likeness (QED) is 0.856. The molecule has 0 saturated heterocycles. The molecule has 0 bridgehead atoms. The minimum atomic E-state index is 0.525. The van der Waals surface area contributed by atoms with Gasteiger partial charge in [0.1, 0.15) is 5.75 Å². The zero-order valence-corrected chi connectivity index (χ0v) is 11.8. The maximum absolute atomic E-state index is 5.87. The first kappa shape index (κ1) is 13.4. The first-order valence-electron chi connectivity index (χ1n) is 7.17.